The molecule has 0 radical (unpaired) electrons. The van der Waals surface area contributed by atoms with E-state index in [1.165, 1.54) is 12.1 Å². The van der Waals surface area contributed by atoms with Crippen molar-refractivity contribution in [3.05, 3.63) is 64.6 Å². The Labute approximate surface area is 150 Å². The Morgan fingerprint density at radius 2 is 1.88 bits per heavy atom. The van der Waals surface area contributed by atoms with E-state index >= 15 is 0 Å². The van der Waals surface area contributed by atoms with Gasteiger partial charge >= 0.3 is 5.97 Å². The first-order valence-electron chi connectivity index (χ1n) is 7.41. The molecule has 24 heavy (non-hydrogen) atoms. The van der Waals surface area contributed by atoms with Gasteiger partial charge in [0, 0.05) is 4.47 Å². The molecule has 0 aliphatic heterocycles. The van der Waals surface area contributed by atoms with E-state index in [0.717, 1.165) is 5.56 Å². The summed E-state index contributed by atoms with van der Waals surface area (Å²) in [7, 11) is -3.85. The van der Waals surface area contributed by atoms with Gasteiger partial charge in [-0.05, 0) is 37.1 Å². The molecule has 128 valence electrons. The lowest BCUT2D eigenvalue weighted by atomic mass is 10.1. The maximum absolute atomic E-state index is 12.6. The van der Waals surface area contributed by atoms with Gasteiger partial charge in [-0.2, -0.15) is 4.72 Å². The second-order valence-electron chi connectivity index (χ2n) is 5.07. The van der Waals surface area contributed by atoms with Gasteiger partial charge in [0.1, 0.15) is 6.04 Å². The van der Waals surface area contributed by atoms with Crippen LogP contribution in [-0.2, 0) is 26.0 Å². The maximum atomic E-state index is 12.6. The fraction of sp³-hybridized carbons (Fsp3) is 0.235. The van der Waals surface area contributed by atoms with Crippen LogP contribution in [0.1, 0.15) is 12.5 Å². The molecule has 1 unspecified atom stereocenters. The van der Waals surface area contributed by atoms with Crippen LogP contribution in [0.3, 0.4) is 0 Å². The predicted octanol–water partition coefficient (Wildman–Crippen LogP) is 2.90. The number of ether oxygens (including phenoxy) is 1. The van der Waals surface area contributed by atoms with Crippen molar-refractivity contribution in [3.8, 4) is 0 Å². The minimum atomic E-state index is -3.85. The van der Waals surface area contributed by atoms with E-state index in [9.17, 15) is 13.2 Å². The first kappa shape index (κ1) is 18.6. The standard InChI is InChI=1S/C17H18BrNO4S/c1-2-23-17(20)16(11-13-7-4-3-5-8-13)19-24(21,22)15-10-6-9-14(18)12-15/h3-10,12,16,19H,2,11H2,1H3. The number of carbonyl (C=O) groups is 1. The van der Waals surface area contributed by atoms with E-state index in [4.69, 9.17) is 4.74 Å². The van der Waals surface area contributed by atoms with E-state index in [1.54, 1.807) is 19.1 Å². The van der Waals surface area contributed by atoms with Crippen molar-refractivity contribution < 1.29 is 17.9 Å². The average molecular weight is 412 g/mol. The number of sulfonamides is 1. The third kappa shape index (κ3) is 5.15. The summed E-state index contributed by atoms with van der Waals surface area (Å²) in [6.45, 7) is 1.86. The van der Waals surface area contributed by atoms with Gasteiger partial charge in [-0.15, -0.1) is 0 Å². The molecular formula is C17H18BrNO4S. The number of hydrogen-bond acceptors (Lipinski definition) is 4. The zero-order valence-electron chi connectivity index (χ0n) is 13.1. The van der Waals surface area contributed by atoms with Crippen LogP contribution in [0.4, 0.5) is 0 Å². The van der Waals surface area contributed by atoms with Gasteiger partial charge in [-0.3, -0.25) is 4.79 Å². The summed E-state index contributed by atoms with van der Waals surface area (Å²) < 4.78 is 33.2. The van der Waals surface area contributed by atoms with E-state index < -0.39 is 22.0 Å². The zero-order valence-corrected chi connectivity index (χ0v) is 15.5. The van der Waals surface area contributed by atoms with Crippen molar-refractivity contribution in [2.24, 2.45) is 0 Å². The van der Waals surface area contributed by atoms with Crippen LogP contribution in [0.15, 0.2) is 64.0 Å². The highest BCUT2D eigenvalue weighted by Crippen LogP contribution is 2.17. The van der Waals surface area contributed by atoms with Gasteiger partial charge in [0.25, 0.3) is 0 Å². The first-order chi connectivity index (χ1) is 11.4. The molecule has 0 bridgehead atoms. The largest absolute Gasteiger partial charge is 0.465 e. The van der Waals surface area contributed by atoms with E-state index in [2.05, 4.69) is 20.7 Å². The summed E-state index contributed by atoms with van der Waals surface area (Å²) in [4.78, 5) is 12.2. The molecule has 5 nitrogen and oxygen atoms in total. The van der Waals surface area contributed by atoms with Crippen molar-refractivity contribution in [1.82, 2.24) is 4.72 Å². The lowest BCUT2D eigenvalue weighted by Gasteiger charge is -2.17. The molecule has 0 aliphatic rings. The van der Waals surface area contributed by atoms with Gasteiger partial charge in [0.05, 0.1) is 11.5 Å². The highest BCUT2D eigenvalue weighted by molar-refractivity contribution is 9.10. The SMILES string of the molecule is CCOC(=O)C(Cc1ccccc1)NS(=O)(=O)c1cccc(Br)c1. The summed E-state index contributed by atoms with van der Waals surface area (Å²) in [6, 6.07) is 14.5. The molecule has 2 aromatic rings. The van der Waals surface area contributed by atoms with Crippen LogP contribution in [-0.4, -0.2) is 27.0 Å². The van der Waals surface area contributed by atoms with Crippen LogP contribution in [0.2, 0.25) is 0 Å². The number of benzene rings is 2. The van der Waals surface area contributed by atoms with E-state index in [0.29, 0.717) is 4.47 Å². The Morgan fingerprint density at radius 1 is 1.17 bits per heavy atom. The number of carbonyl (C=O) groups excluding carboxylic acids is 1. The number of rotatable bonds is 7. The highest BCUT2D eigenvalue weighted by atomic mass is 79.9. The molecule has 0 saturated heterocycles. The summed E-state index contributed by atoms with van der Waals surface area (Å²) in [6.07, 6.45) is 0.215. The maximum Gasteiger partial charge on any atom is 0.324 e. The monoisotopic (exact) mass is 411 g/mol. The topological polar surface area (TPSA) is 72.5 Å². The Balaban J connectivity index is 2.25. The minimum Gasteiger partial charge on any atom is -0.465 e. The number of nitrogens with one attached hydrogen (secondary N) is 1. The third-order valence-corrected chi connectivity index (χ3v) is 5.22. The Bertz CT molecular complexity index is 793. The van der Waals surface area contributed by atoms with Crippen molar-refractivity contribution in [2.45, 2.75) is 24.3 Å². The van der Waals surface area contributed by atoms with Crippen molar-refractivity contribution in [1.29, 1.82) is 0 Å². The van der Waals surface area contributed by atoms with Crippen LogP contribution >= 0.6 is 15.9 Å². The van der Waals surface area contributed by atoms with Crippen LogP contribution in [0, 0.1) is 0 Å². The quantitative estimate of drug-likeness (QED) is 0.710. The number of halogens is 1. The molecule has 0 heterocycles. The Kier molecular flexibility index (Phi) is 6.53. The van der Waals surface area contributed by atoms with Gasteiger partial charge in [-0.1, -0.05) is 52.3 Å². The lowest BCUT2D eigenvalue weighted by Crippen LogP contribution is -2.43. The fourth-order valence-corrected chi connectivity index (χ4v) is 3.94. The molecular weight excluding hydrogens is 394 g/mol. The normalized spacial score (nSPS) is 12.6. The smallest absolute Gasteiger partial charge is 0.324 e. The first-order valence-corrected chi connectivity index (χ1v) is 9.68. The van der Waals surface area contributed by atoms with Gasteiger partial charge in [-0.25, -0.2) is 8.42 Å². The highest BCUT2D eigenvalue weighted by Gasteiger charge is 2.27. The second-order valence-corrected chi connectivity index (χ2v) is 7.70. The van der Waals surface area contributed by atoms with Gasteiger partial charge < -0.3 is 4.74 Å². The fourth-order valence-electron chi connectivity index (χ4n) is 2.16. The van der Waals surface area contributed by atoms with Crippen molar-refractivity contribution in [2.75, 3.05) is 6.61 Å². The van der Waals surface area contributed by atoms with Crippen molar-refractivity contribution >= 4 is 31.9 Å². The molecule has 0 fully saturated rings. The summed E-state index contributed by atoms with van der Waals surface area (Å²) in [5.74, 6) is -0.597. The zero-order chi connectivity index (χ0) is 17.6. The van der Waals surface area contributed by atoms with E-state index in [-0.39, 0.29) is 17.9 Å². The molecule has 1 N–H and O–H groups in total. The molecule has 2 aromatic carbocycles. The molecule has 1 atom stereocenters. The van der Waals surface area contributed by atoms with Crippen molar-refractivity contribution in [3.63, 3.8) is 0 Å². The predicted molar refractivity (Wildman–Crippen MR) is 95.0 cm³/mol. The molecule has 0 amide bonds. The second kappa shape index (κ2) is 8.41. The summed E-state index contributed by atoms with van der Waals surface area (Å²) in [5, 5.41) is 0. The molecule has 0 spiro atoms. The van der Waals surface area contributed by atoms with E-state index in [1.807, 2.05) is 30.3 Å². The Morgan fingerprint density at radius 3 is 2.50 bits per heavy atom. The third-order valence-electron chi connectivity index (χ3n) is 3.26. The molecule has 7 heteroatoms. The molecule has 0 aromatic heterocycles. The molecule has 2 rings (SSSR count). The molecule has 0 saturated carbocycles. The molecule has 0 aliphatic carbocycles. The van der Waals surface area contributed by atoms with Crippen LogP contribution < -0.4 is 4.72 Å². The minimum absolute atomic E-state index is 0.0826. The number of hydrogen-bond donors (Lipinski definition) is 1. The van der Waals surface area contributed by atoms with Crippen LogP contribution in [0.25, 0.3) is 0 Å². The Hall–Kier alpha value is -1.70. The van der Waals surface area contributed by atoms with Gasteiger partial charge in [0.15, 0.2) is 0 Å². The summed E-state index contributed by atoms with van der Waals surface area (Å²) >= 11 is 3.24. The lowest BCUT2D eigenvalue weighted by molar-refractivity contribution is -0.145. The van der Waals surface area contributed by atoms with Crippen LogP contribution in [0.5, 0.6) is 0 Å². The summed E-state index contributed by atoms with van der Waals surface area (Å²) in [5.41, 5.74) is 0.840. The average Bonchev–Trinajstić information content (AvgIpc) is 2.55. The van der Waals surface area contributed by atoms with Gasteiger partial charge in [0.2, 0.25) is 10.0 Å². The number of esters is 1.